The molecule has 0 aliphatic carbocycles. The number of benzene rings is 1. The zero-order valence-electron chi connectivity index (χ0n) is 15.7. The van der Waals surface area contributed by atoms with Gasteiger partial charge in [0, 0.05) is 13.6 Å². The van der Waals surface area contributed by atoms with Crippen molar-refractivity contribution in [3.05, 3.63) is 35.9 Å². The predicted molar refractivity (Wildman–Crippen MR) is 98.0 cm³/mol. The third kappa shape index (κ3) is 6.04. The Morgan fingerprint density at radius 2 is 1.96 bits per heavy atom. The first kappa shape index (κ1) is 21.3. The molecule has 1 aliphatic rings. The van der Waals surface area contributed by atoms with Crippen molar-refractivity contribution in [3.63, 3.8) is 0 Å². The minimum Gasteiger partial charge on any atom is -0.445 e. The van der Waals surface area contributed by atoms with Crippen LogP contribution in [0.3, 0.4) is 0 Å². The number of halogens is 1. The number of amides is 3. The number of Topliss-reactive ketones (excluding diaryl/α,β-unsaturated/α-hetero) is 1. The molecule has 1 saturated heterocycles. The molecule has 1 unspecified atom stereocenters. The van der Waals surface area contributed by atoms with E-state index in [-0.39, 0.29) is 13.2 Å². The molecule has 1 aromatic carbocycles. The average Bonchev–Trinajstić information content (AvgIpc) is 3.20. The van der Waals surface area contributed by atoms with Crippen LogP contribution < -0.4 is 5.32 Å². The second kappa shape index (κ2) is 10.4. The van der Waals surface area contributed by atoms with Crippen molar-refractivity contribution < 1.29 is 28.3 Å². The standard InChI is InChI=1S/C19H24FN3O5/c1-22(19(27)28-13-14-6-3-2-4-7-14)12-17(25)23-9-5-8-16(23)18(26)21-11-15(24)10-20/h2-4,6-7,16H,5,8-13H2,1H3,(H,21,26). The Kier molecular flexibility index (Phi) is 7.91. The fraction of sp³-hybridized carbons (Fsp3) is 0.474. The lowest BCUT2D eigenvalue weighted by Crippen LogP contribution is -2.50. The largest absolute Gasteiger partial charge is 0.445 e. The fourth-order valence-corrected chi connectivity index (χ4v) is 2.88. The lowest BCUT2D eigenvalue weighted by molar-refractivity contribution is -0.139. The van der Waals surface area contributed by atoms with E-state index in [2.05, 4.69) is 5.32 Å². The number of ether oxygens (including phenoxy) is 1. The smallest absolute Gasteiger partial charge is 0.410 e. The van der Waals surface area contributed by atoms with Gasteiger partial charge in [0.1, 0.15) is 25.9 Å². The van der Waals surface area contributed by atoms with Crippen LogP contribution >= 0.6 is 0 Å². The van der Waals surface area contributed by atoms with Gasteiger partial charge in [0.2, 0.25) is 11.8 Å². The van der Waals surface area contributed by atoms with Crippen molar-refractivity contribution in [1.82, 2.24) is 15.1 Å². The van der Waals surface area contributed by atoms with Crippen LogP contribution in [0.1, 0.15) is 18.4 Å². The molecule has 152 valence electrons. The maximum Gasteiger partial charge on any atom is 0.410 e. The van der Waals surface area contributed by atoms with Crippen molar-refractivity contribution in [1.29, 1.82) is 0 Å². The van der Waals surface area contributed by atoms with E-state index < -0.39 is 43.0 Å². The van der Waals surface area contributed by atoms with Gasteiger partial charge >= 0.3 is 6.09 Å². The number of hydrogen-bond donors (Lipinski definition) is 1. The van der Waals surface area contributed by atoms with Crippen LogP contribution in [0.15, 0.2) is 30.3 Å². The van der Waals surface area contributed by atoms with Gasteiger partial charge in [0.05, 0.1) is 6.54 Å². The molecule has 1 fully saturated rings. The number of carbonyl (C=O) groups is 4. The van der Waals surface area contributed by atoms with Crippen molar-refractivity contribution in [2.75, 3.05) is 33.4 Å². The molecule has 8 nitrogen and oxygen atoms in total. The van der Waals surface area contributed by atoms with Crippen LogP contribution in [0.4, 0.5) is 9.18 Å². The number of alkyl halides is 1. The van der Waals surface area contributed by atoms with Crippen LogP contribution in [-0.4, -0.2) is 72.9 Å². The summed E-state index contributed by atoms with van der Waals surface area (Å²) in [7, 11) is 1.44. The van der Waals surface area contributed by atoms with Crippen molar-refractivity contribution in [2.45, 2.75) is 25.5 Å². The van der Waals surface area contributed by atoms with Crippen LogP contribution in [0.25, 0.3) is 0 Å². The van der Waals surface area contributed by atoms with E-state index in [9.17, 15) is 23.6 Å². The van der Waals surface area contributed by atoms with Crippen molar-refractivity contribution in [3.8, 4) is 0 Å². The second-order valence-corrected chi connectivity index (χ2v) is 6.53. The number of likely N-dealkylation sites (N-methyl/N-ethyl adjacent to an activating group) is 1. The Morgan fingerprint density at radius 3 is 2.64 bits per heavy atom. The second-order valence-electron chi connectivity index (χ2n) is 6.53. The third-order valence-electron chi connectivity index (χ3n) is 4.37. The van der Waals surface area contributed by atoms with Gasteiger partial charge < -0.3 is 19.9 Å². The monoisotopic (exact) mass is 393 g/mol. The van der Waals surface area contributed by atoms with Crippen LogP contribution in [0.5, 0.6) is 0 Å². The Balaban J connectivity index is 1.83. The Hall–Kier alpha value is -2.97. The van der Waals surface area contributed by atoms with Gasteiger partial charge in [-0.15, -0.1) is 0 Å². The summed E-state index contributed by atoms with van der Waals surface area (Å²) in [5.74, 6) is -1.62. The quantitative estimate of drug-likeness (QED) is 0.708. The van der Waals surface area contributed by atoms with Crippen molar-refractivity contribution in [2.24, 2.45) is 0 Å². The molecule has 1 aromatic rings. The van der Waals surface area contributed by atoms with Gasteiger partial charge in [0.25, 0.3) is 0 Å². The lowest BCUT2D eigenvalue weighted by atomic mass is 10.2. The van der Waals surface area contributed by atoms with Crippen LogP contribution in [0.2, 0.25) is 0 Å². The molecule has 0 saturated carbocycles. The van der Waals surface area contributed by atoms with E-state index in [0.29, 0.717) is 19.4 Å². The average molecular weight is 393 g/mol. The first-order chi connectivity index (χ1) is 13.4. The maximum absolute atomic E-state index is 12.5. The molecule has 0 radical (unpaired) electrons. The summed E-state index contributed by atoms with van der Waals surface area (Å²) in [6.07, 6.45) is 0.429. The maximum atomic E-state index is 12.5. The Morgan fingerprint density at radius 1 is 1.25 bits per heavy atom. The zero-order valence-corrected chi connectivity index (χ0v) is 15.7. The van der Waals surface area contributed by atoms with Gasteiger partial charge in [-0.1, -0.05) is 30.3 Å². The summed E-state index contributed by atoms with van der Waals surface area (Å²) >= 11 is 0. The minimum absolute atomic E-state index is 0.0928. The third-order valence-corrected chi connectivity index (χ3v) is 4.37. The van der Waals surface area contributed by atoms with E-state index in [1.165, 1.54) is 11.9 Å². The van der Waals surface area contributed by atoms with Gasteiger partial charge in [-0.05, 0) is 18.4 Å². The molecular weight excluding hydrogens is 369 g/mol. The summed E-state index contributed by atoms with van der Waals surface area (Å²) in [4.78, 5) is 50.3. The SMILES string of the molecule is CN(CC(=O)N1CCCC1C(=O)NCC(=O)CF)C(=O)OCc1ccccc1. The highest BCUT2D eigenvalue weighted by Crippen LogP contribution is 2.18. The molecule has 28 heavy (non-hydrogen) atoms. The number of rotatable bonds is 8. The highest BCUT2D eigenvalue weighted by Gasteiger charge is 2.34. The molecule has 0 aromatic heterocycles. The zero-order chi connectivity index (χ0) is 20.5. The normalized spacial score (nSPS) is 15.8. The summed E-state index contributed by atoms with van der Waals surface area (Å²) < 4.78 is 17.4. The molecule has 9 heteroatoms. The summed E-state index contributed by atoms with van der Waals surface area (Å²) in [5.41, 5.74) is 0.828. The van der Waals surface area contributed by atoms with E-state index in [0.717, 1.165) is 10.5 Å². The number of likely N-dealkylation sites (tertiary alicyclic amines) is 1. The molecule has 2 rings (SSSR count). The number of hydrogen-bond acceptors (Lipinski definition) is 5. The van der Waals surface area contributed by atoms with Gasteiger partial charge in [-0.25, -0.2) is 9.18 Å². The first-order valence-electron chi connectivity index (χ1n) is 8.99. The lowest BCUT2D eigenvalue weighted by Gasteiger charge is -2.26. The fourth-order valence-electron chi connectivity index (χ4n) is 2.88. The molecule has 0 bridgehead atoms. The summed E-state index contributed by atoms with van der Waals surface area (Å²) in [5, 5.41) is 2.35. The molecule has 1 atom stereocenters. The topological polar surface area (TPSA) is 96.0 Å². The number of nitrogens with zero attached hydrogens (tertiary/aromatic N) is 2. The Labute approximate surface area is 162 Å². The Bertz CT molecular complexity index is 713. The molecule has 1 aliphatic heterocycles. The predicted octanol–water partition coefficient (Wildman–Crippen LogP) is 0.901. The molecular formula is C19H24FN3O5. The number of nitrogens with one attached hydrogen (secondary N) is 1. The highest BCUT2D eigenvalue weighted by atomic mass is 19.1. The van der Waals surface area contributed by atoms with E-state index in [1.807, 2.05) is 30.3 Å². The summed E-state index contributed by atoms with van der Waals surface area (Å²) in [6, 6.07) is 8.42. The number of carbonyl (C=O) groups excluding carboxylic acids is 4. The van der Waals surface area contributed by atoms with E-state index in [4.69, 9.17) is 4.74 Å². The van der Waals surface area contributed by atoms with Crippen LogP contribution in [0, 0.1) is 0 Å². The van der Waals surface area contributed by atoms with Crippen LogP contribution in [-0.2, 0) is 25.7 Å². The van der Waals surface area contributed by atoms with Crippen molar-refractivity contribution >= 4 is 23.7 Å². The molecule has 1 N–H and O–H groups in total. The van der Waals surface area contributed by atoms with E-state index in [1.54, 1.807) is 0 Å². The summed E-state index contributed by atoms with van der Waals surface area (Å²) in [6.45, 7) is -1.32. The minimum atomic E-state index is -1.15. The first-order valence-corrected chi connectivity index (χ1v) is 8.99. The van der Waals surface area contributed by atoms with E-state index >= 15 is 0 Å². The molecule has 0 spiro atoms. The highest BCUT2D eigenvalue weighted by molar-refractivity contribution is 5.92. The molecule has 3 amide bonds. The van der Waals surface area contributed by atoms with Gasteiger partial charge in [-0.3, -0.25) is 14.4 Å². The molecule has 1 heterocycles. The van der Waals surface area contributed by atoms with Gasteiger partial charge in [-0.2, -0.15) is 0 Å². The number of ketones is 1. The van der Waals surface area contributed by atoms with Gasteiger partial charge in [0.15, 0.2) is 5.78 Å².